The molecule has 0 amide bonds. The molecule has 0 saturated heterocycles. The molecule has 12 unspecified atom stereocenters. The molecule has 0 aliphatic heterocycles. The minimum absolute atomic E-state index is 0.765. The summed E-state index contributed by atoms with van der Waals surface area (Å²) in [5.41, 5.74) is 0. The van der Waals surface area contributed by atoms with E-state index in [0.29, 0.717) is 0 Å². The summed E-state index contributed by atoms with van der Waals surface area (Å²) in [6, 6.07) is 0. The average Bonchev–Trinajstić information content (AvgIpc) is 3.54. The van der Waals surface area contributed by atoms with Gasteiger partial charge < -0.3 is 0 Å². The van der Waals surface area contributed by atoms with Crippen LogP contribution in [0.4, 0.5) is 0 Å². The molecule has 0 aromatic heterocycles. The Morgan fingerprint density at radius 2 is 0.967 bits per heavy atom. The van der Waals surface area contributed by atoms with Crippen molar-refractivity contribution in [3.05, 3.63) is 61.8 Å². The smallest absolute Gasteiger partial charge is 0.0193 e. The van der Waals surface area contributed by atoms with E-state index in [9.17, 15) is 0 Å². The van der Waals surface area contributed by atoms with E-state index in [2.05, 4.69) is 61.8 Å². The standard InChI is InChI=1S/C30H40/c1-3-19-5-7-21(15-19)9-11-23-17-24(12-10-22-8-6-20(4-2)16-22)28-27(23)29-25-13-14-26(18-25)30(28)29/h3-4,9-14,19-30H,1-2,5-8,15-18H2/b11-9-,12-10-. The summed E-state index contributed by atoms with van der Waals surface area (Å²) in [5, 5.41) is 0. The summed E-state index contributed by atoms with van der Waals surface area (Å²) in [6.07, 6.45) is 31.3. The first-order chi connectivity index (χ1) is 14.7. The summed E-state index contributed by atoms with van der Waals surface area (Å²) < 4.78 is 0. The maximum absolute atomic E-state index is 4.03. The molecule has 0 radical (unpaired) electrons. The second-order valence-electron chi connectivity index (χ2n) is 11.7. The maximum Gasteiger partial charge on any atom is -0.0193 e. The Morgan fingerprint density at radius 3 is 1.40 bits per heavy atom. The van der Waals surface area contributed by atoms with E-state index < -0.39 is 0 Å². The molecule has 6 aliphatic rings. The van der Waals surface area contributed by atoms with Gasteiger partial charge >= 0.3 is 0 Å². The van der Waals surface area contributed by atoms with Crippen molar-refractivity contribution in [1.82, 2.24) is 0 Å². The first-order valence-corrected chi connectivity index (χ1v) is 13.0. The number of hydrogen-bond donors (Lipinski definition) is 0. The van der Waals surface area contributed by atoms with E-state index in [4.69, 9.17) is 0 Å². The Morgan fingerprint density at radius 1 is 0.500 bits per heavy atom. The monoisotopic (exact) mass is 400 g/mol. The van der Waals surface area contributed by atoms with Crippen molar-refractivity contribution >= 4 is 0 Å². The molecule has 0 heteroatoms. The fourth-order valence-electron chi connectivity index (χ4n) is 9.02. The zero-order valence-corrected chi connectivity index (χ0v) is 18.6. The topological polar surface area (TPSA) is 0 Å². The predicted octanol–water partition coefficient (Wildman–Crippen LogP) is 7.62. The van der Waals surface area contributed by atoms with Crippen molar-refractivity contribution in [2.75, 3.05) is 0 Å². The van der Waals surface area contributed by atoms with Gasteiger partial charge in [0.15, 0.2) is 0 Å². The van der Waals surface area contributed by atoms with Crippen LogP contribution >= 0.6 is 0 Å². The van der Waals surface area contributed by atoms with Crippen LogP contribution in [0.2, 0.25) is 0 Å². The Labute approximate surface area is 184 Å². The van der Waals surface area contributed by atoms with E-state index in [-0.39, 0.29) is 0 Å². The summed E-state index contributed by atoms with van der Waals surface area (Å²) in [4.78, 5) is 0. The van der Waals surface area contributed by atoms with Gasteiger partial charge in [-0.25, -0.2) is 0 Å². The number of rotatable bonds is 6. The third kappa shape index (κ3) is 3.08. The minimum atomic E-state index is 0.765. The molecule has 6 rings (SSSR count). The Kier molecular flexibility index (Phi) is 4.97. The lowest BCUT2D eigenvalue weighted by molar-refractivity contribution is -0.0323. The molecule has 12 atom stereocenters. The van der Waals surface area contributed by atoms with Gasteiger partial charge in [0.2, 0.25) is 0 Å². The molecule has 5 saturated carbocycles. The van der Waals surface area contributed by atoms with E-state index in [1.807, 2.05) is 0 Å². The molecule has 2 bridgehead atoms. The van der Waals surface area contributed by atoms with Crippen LogP contribution < -0.4 is 0 Å². The van der Waals surface area contributed by atoms with Gasteiger partial charge in [0.25, 0.3) is 0 Å². The second-order valence-corrected chi connectivity index (χ2v) is 11.7. The van der Waals surface area contributed by atoms with Gasteiger partial charge in [-0.1, -0.05) is 48.6 Å². The summed E-state index contributed by atoms with van der Waals surface area (Å²) in [5.74, 6) is 10.6. The highest BCUT2D eigenvalue weighted by Gasteiger charge is 2.66. The Hall–Kier alpha value is -1.30. The number of hydrogen-bond acceptors (Lipinski definition) is 0. The Bertz CT molecular complexity index is 705. The molecule has 0 spiro atoms. The molecule has 30 heavy (non-hydrogen) atoms. The molecule has 0 aromatic rings. The fourth-order valence-corrected chi connectivity index (χ4v) is 9.02. The van der Waals surface area contributed by atoms with E-state index >= 15 is 0 Å². The van der Waals surface area contributed by atoms with Gasteiger partial charge in [-0.3, -0.25) is 0 Å². The van der Waals surface area contributed by atoms with Crippen LogP contribution in [0.1, 0.15) is 51.4 Å². The van der Waals surface area contributed by atoms with Gasteiger partial charge in [-0.2, -0.15) is 0 Å². The summed E-state index contributed by atoms with van der Waals surface area (Å²) in [6.45, 7) is 8.07. The zero-order chi connectivity index (χ0) is 20.2. The van der Waals surface area contributed by atoms with Crippen LogP contribution in [0.15, 0.2) is 61.8 Å². The summed E-state index contributed by atoms with van der Waals surface area (Å²) >= 11 is 0. The molecular weight excluding hydrogens is 360 g/mol. The zero-order valence-electron chi connectivity index (χ0n) is 18.6. The molecular formula is C30H40. The molecule has 0 aromatic carbocycles. The molecule has 0 heterocycles. The normalized spacial score (nSPS) is 53.5. The van der Waals surface area contributed by atoms with Crippen LogP contribution in [0, 0.1) is 71.0 Å². The fraction of sp³-hybridized carbons (Fsp3) is 0.667. The third-order valence-electron chi connectivity index (χ3n) is 10.4. The highest BCUT2D eigenvalue weighted by atomic mass is 14.7. The number of allylic oxidation sites excluding steroid dienone is 8. The first kappa shape index (κ1) is 19.4. The van der Waals surface area contributed by atoms with E-state index in [1.165, 1.54) is 51.4 Å². The second kappa shape index (κ2) is 7.68. The van der Waals surface area contributed by atoms with Crippen molar-refractivity contribution in [3.63, 3.8) is 0 Å². The van der Waals surface area contributed by atoms with Crippen LogP contribution in [0.25, 0.3) is 0 Å². The van der Waals surface area contributed by atoms with Gasteiger partial charge in [0.1, 0.15) is 0 Å². The van der Waals surface area contributed by atoms with E-state index in [1.54, 1.807) is 0 Å². The van der Waals surface area contributed by atoms with Crippen molar-refractivity contribution in [2.45, 2.75) is 51.4 Å². The lowest BCUT2D eigenvalue weighted by atomic mass is 9.51. The van der Waals surface area contributed by atoms with Crippen molar-refractivity contribution in [3.8, 4) is 0 Å². The van der Waals surface area contributed by atoms with Crippen molar-refractivity contribution < 1.29 is 0 Å². The van der Waals surface area contributed by atoms with Gasteiger partial charge in [0, 0.05) is 0 Å². The van der Waals surface area contributed by atoms with Gasteiger partial charge in [0.05, 0.1) is 0 Å². The maximum atomic E-state index is 4.03. The molecule has 160 valence electrons. The molecule has 0 N–H and O–H groups in total. The quantitative estimate of drug-likeness (QED) is 0.402. The number of fused-ring (bicyclic) bond motifs is 8. The van der Waals surface area contributed by atoms with Crippen molar-refractivity contribution in [2.24, 2.45) is 71.0 Å². The summed E-state index contributed by atoms with van der Waals surface area (Å²) in [7, 11) is 0. The van der Waals surface area contributed by atoms with E-state index in [0.717, 1.165) is 71.0 Å². The predicted molar refractivity (Wildman–Crippen MR) is 127 cm³/mol. The lowest BCUT2D eigenvalue weighted by Crippen LogP contribution is -2.49. The molecule has 6 aliphatic carbocycles. The largest absolute Gasteiger partial charge is 0.103 e. The minimum Gasteiger partial charge on any atom is -0.103 e. The van der Waals surface area contributed by atoms with Gasteiger partial charge in [-0.05, 0) is 122 Å². The van der Waals surface area contributed by atoms with Crippen LogP contribution in [-0.4, -0.2) is 0 Å². The SMILES string of the molecule is C=CC1CCC(/C=C\C2CC(/C=C\C3CCC(C=C)C3)C3C4C5C=CC(C5)C4C23)C1. The first-order valence-electron chi connectivity index (χ1n) is 13.0. The van der Waals surface area contributed by atoms with Crippen LogP contribution in [0.3, 0.4) is 0 Å². The van der Waals surface area contributed by atoms with Crippen LogP contribution in [0.5, 0.6) is 0 Å². The molecule has 5 fully saturated rings. The molecule has 0 nitrogen and oxygen atoms in total. The average molecular weight is 401 g/mol. The Balaban J connectivity index is 1.18. The highest BCUT2D eigenvalue weighted by molar-refractivity contribution is 5.27. The third-order valence-corrected chi connectivity index (χ3v) is 10.4. The van der Waals surface area contributed by atoms with Crippen molar-refractivity contribution in [1.29, 1.82) is 0 Å². The van der Waals surface area contributed by atoms with Gasteiger partial charge in [-0.15, -0.1) is 13.2 Å². The lowest BCUT2D eigenvalue weighted by Gasteiger charge is -2.53. The van der Waals surface area contributed by atoms with Crippen LogP contribution in [-0.2, 0) is 0 Å². The highest BCUT2D eigenvalue weighted by Crippen LogP contribution is 2.71.